The van der Waals surface area contributed by atoms with Crippen LogP contribution in [0.15, 0.2) is 35.2 Å². The van der Waals surface area contributed by atoms with E-state index in [2.05, 4.69) is 0 Å². The summed E-state index contributed by atoms with van der Waals surface area (Å²) in [6.45, 7) is 1.09. The van der Waals surface area contributed by atoms with E-state index in [1.807, 2.05) is 4.72 Å². The number of nitrogens with one attached hydrogen (secondary N) is 1. The molecule has 2 aromatic carbocycles. The van der Waals surface area contributed by atoms with Gasteiger partial charge >= 0.3 is 6.18 Å². The molecule has 12 heteroatoms. The minimum atomic E-state index is -4.86. The molecule has 1 fully saturated rings. The van der Waals surface area contributed by atoms with Gasteiger partial charge in [0.25, 0.3) is 10.0 Å². The summed E-state index contributed by atoms with van der Waals surface area (Å²) in [6.07, 6.45) is -4.77. The molecule has 158 valence electrons. The van der Waals surface area contributed by atoms with Gasteiger partial charge in [-0.25, -0.2) is 21.6 Å². The first-order valence-corrected chi connectivity index (χ1v) is 9.69. The highest BCUT2D eigenvalue weighted by Gasteiger charge is 2.33. The fourth-order valence-electron chi connectivity index (χ4n) is 2.79. The Balaban J connectivity index is 2.07. The van der Waals surface area contributed by atoms with Crippen molar-refractivity contribution in [2.45, 2.75) is 11.1 Å². The van der Waals surface area contributed by atoms with Crippen LogP contribution in [-0.2, 0) is 20.9 Å². The highest BCUT2D eigenvalue weighted by molar-refractivity contribution is 7.92. The summed E-state index contributed by atoms with van der Waals surface area (Å²) < 4.78 is 112. The van der Waals surface area contributed by atoms with Crippen molar-refractivity contribution in [2.24, 2.45) is 0 Å². The van der Waals surface area contributed by atoms with Crippen LogP contribution in [0.3, 0.4) is 0 Å². The third-order valence-corrected chi connectivity index (χ3v) is 5.59. The summed E-state index contributed by atoms with van der Waals surface area (Å²) >= 11 is 0. The van der Waals surface area contributed by atoms with Crippen molar-refractivity contribution in [2.75, 3.05) is 35.9 Å². The van der Waals surface area contributed by atoms with Gasteiger partial charge in [0, 0.05) is 13.1 Å². The quantitative estimate of drug-likeness (QED) is 0.581. The number of anilines is 2. The van der Waals surface area contributed by atoms with Crippen LogP contribution in [-0.4, -0.2) is 34.7 Å². The molecule has 1 saturated heterocycles. The Hall–Kier alpha value is -2.47. The lowest BCUT2D eigenvalue weighted by atomic mass is 10.1. The molecule has 1 heterocycles. The minimum absolute atomic E-state index is 0.105. The average Bonchev–Trinajstić information content (AvgIpc) is 2.65. The molecule has 0 saturated carbocycles. The van der Waals surface area contributed by atoms with Crippen molar-refractivity contribution in [3.05, 3.63) is 53.3 Å². The maximum absolute atomic E-state index is 13.9. The summed E-state index contributed by atoms with van der Waals surface area (Å²) in [4.78, 5) is 0.352. The van der Waals surface area contributed by atoms with Crippen LogP contribution < -0.4 is 9.62 Å². The Labute approximate surface area is 161 Å². The lowest BCUT2D eigenvalue weighted by molar-refractivity contribution is -0.137. The summed E-state index contributed by atoms with van der Waals surface area (Å²) in [7, 11) is -4.86. The van der Waals surface area contributed by atoms with E-state index in [1.165, 1.54) is 0 Å². The number of alkyl halides is 3. The molecular weight excluding hydrogens is 426 g/mol. The van der Waals surface area contributed by atoms with Gasteiger partial charge in [-0.05, 0) is 30.3 Å². The van der Waals surface area contributed by atoms with Crippen LogP contribution in [0.4, 0.5) is 37.7 Å². The molecule has 3 rings (SSSR count). The number of hydrogen-bond acceptors (Lipinski definition) is 4. The molecular formula is C17H14F6N2O3S. The molecule has 0 spiro atoms. The second kappa shape index (κ2) is 7.75. The third-order valence-electron chi connectivity index (χ3n) is 4.21. The molecule has 0 radical (unpaired) electrons. The van der Waals surface area contributed by atoms with Gasteiger partial charge in [0.05, 0.1) is 30.2 Å². The van der Waals surface area contributed by atoms with Gasteiger partial charge in [0.2, 0.25) is 0 Å². The Morgan fingerprint density at radius 1 is 0.966 bits per heavy atom. The van der Waals surface area contributed by atoms with Crippen LogP contribution in [0, 0.1) is 17.5 Å². The van der Waals surface area contributed by atoms with Gasteiger partial charge in [-0.3, -0.25) is 4.72 Å². The standard InChI is InChI=1S/C17H14F6N2O3S/c18-11-2-4-14(16(20)15(11)19)29(26,27)24-12-9-10(17(21,22)23)1-3-13(12)25-5-7-28-8-6-25/h1-4,9,24H,5-8H2. The topological polar surface area (TPSA) is 58.6 Å². The van der Waals surface area contributed by atoms with Crippen molar-refractivity contribution in [1.82, 2.24) is 0 Å². The number of hydrogen-bond donors (Lipinski definition) is 1. The maximum atomic E-state index is 13.9. The molecule has 0 aliphatic carbocycles. The number of sulfonamides is 1. The van der Waals surface area contributed by atoms with Crippen LogP contribution in [0.2, 0.25) is 0 Å². The monoisotopic (exact) mass is 440 g/mol. The maximum Gasteiger partial charge on any atom is 0.416 e. The van der Waals surface area contributed by atoms with E-state index in [0.29, 0.717) is 18.2 Å². The van der Waals surface area contributed by atoms with E-state index in [0.717, 1.165) is 12.1 Å². The largest absolute Gasteiger partial charge is 0.416 e. The number of nitrogens with zero attached hydrogens (tertiary/aromatic N) is 1. The predicted octanol–water partition coefficient (Wildman–Crippen LogP) is 3.76. The van der Waals surface area contributed by atoms with Gasteiger partial charge in [0.15, 0.2) is 17.5 Å². The van der Waals surface area contributed by atoms with Crippen molar-refractivity contribution in [1.29, 1.82) is 0 Å². The summed E-state index contributed by atoms with van der Waals surface area (Å²) in [6, 6.07) is 3.30. The van der Waals surface area contributed by atoms with Crippen LogP contribution >= 0.6 is 0 Å². The summed E-state index contributed by atoms with van der Waals surface area (Å²) in [5, 5.41) is 0. The lowest BCUT2D eigenvalue weighted by Crippen LogP contribution is -2.37. The van der Waals surface area contributed by atoms with Gasteiger partial charge < -0.3 is 9.64 Å². The molecule has 0 unspecified atom stereocenters. The van der Waals surface area contributed by atoms with Crippen molar-refractivity contribution >= 4 is 21.4 Å². The Morgan fingerprint density at radius 3 is 2.24 bits per heavy atom. The fraction of sp³-hybridized carbons (Fsp3) is 0.294. The van der Waals surface area contributed by atoms with Crippen LogP contribution in [0.5, 0.6) is 0 Å². The van der Waals surface area contributed by atoms with E-state index in [4.69, 9.17) is 4.74 Å². The molecule has 0 amide bonds. The van der Waals surface area contributed by atoms with Crippen molar-refractivity contribution < 1.29 is 39.5 Å². The van der Waals surface area contributed by atoms with E-state index in [-0.39, 0.29) is 32.0 Å². The number of halogens is 6. The van der Waals surface area contributed by atoms with E-state index in [9.17, 15) is 34.8 Å². The lowest BCUT2D eigenvalue weighted by Gasteiger charge is -2.31. The van der Waals surface area contributed by atoms with Crippen molar-refractivity contribution in [3.8, 4) is 0 Å². The molecule has 0 atom stereocenters. The smallest absolute Gasteiger partial charge is 0.378 e. The molecule has 1 aliphatic heterocycles. The fourth-order valence-corrected chi connectivity index (χ4v) is 3.93. The first-order chi connectivity index (χ1) is 13.5. The minimum Gasteiger partial charge on any atom is -0.378 e. The van der Waals surface area contributed by atoms with Gasteiger partial charge in [0.1, 0.15) is 4.90 Å². The average molecular weight is 440 g/mol. The summed E-state index contributed by atoms with van der Waals surface area (Å²) in [5.74, 6) is -5.59. The first-order valence-electron chi connectivity index (χ1n) is 8.21. The number of ether oxygens (including phenoxy) is 1. The van der Waals surface area contributed by atoms with Gasteiger partial charge in [-0.2, -0.15) is 13.2 Å². The molecule has 29 heavy (non-hydrogen) atoms. The molecule has 0 bridgehead atoms. The number of benzene rings is 2. The van der Waals surface area contributed by atoms with E-state index >= 15 is 0 Å². The first kappa shape index (κ1) is 21.2. The zero-order chi connectivity index (χ0) is 21.4. The van der Waals surface area contributed by atoms with E-state index < -0.39 is 49.8 Å². The van der Waals surface area contributed by atoms with Gasteiger partial charge in [-0.15, -0.1) is 0 Å². The molecule has 1 N–H and O–H groups in total. The SMILES string of the molecule is O=S(=O)(Nc1cc(C(F)(F)F)ccc1N1CCOCC1)c1ccc(F)c(F)c1F. The molecule has 5 nitrogen and oxygen atoms in total. The van der Waals surface area contributed by atoms with Crippen LogP contribution in [0.1, 0.15) is 5.56 Å². The second-order valence-electron chi connectivity index (χ2n) is 6.11. The zero-order valence-corrected chi connectivity index (χ0v) is 15.4. The third kappa shape index (κ3) is 4.42. The highest BCUT2D eigenvalue weighted by Crippen LogP contribution is 2.37. The van der Waals surface area contributed by atoms with Crippen molar-refractivity contribution in [3.63, 3.8) is 0 Å². The predicted molar refractivity (Wildman–Crippen MR) is 91.6 cm³/mol. The van der Waals surface area contributed by atoms with E-state index in [1.54, 1.807) is 4.90 Å². The number of morpholine rings is 1. The zero-order valence-electron chi connectivity index (χ0n) is 14.6. The van der Waals surface area contributed by atoms with Gasteiger partial charge in [-0.1, -0.05) is 0 Å². The molecule has 0 aromatic heterocycles. The molecule has 2 aromatic rings. The normalized spacial score (nSPS) is 15.4. The Morgan fingerprint density at radius 2 is 1.62 bits per heavy atom. The number of rotatable bonds is 4. The van der Waals surface area contributed by atoms with Crippen LogP contribution in [0.25, 0.3) is 0 Å². The Kier molecular flexibility index (Phi) is 5.68. The molecule has 1 aliphatic rings. The summed E-state index contributed by atoms with van der Waals surface area (Å²) in [5.41, 5.74) is -1.52. The Bertz CT molecular complexity index is 1020. The highest BCUT2D eigenvalue weighted by atomic mass is 32.2. The second-order valence-corrected chi connectivity index (χ2v) is 7.76.